The lowest BCUT2D eigenvalue weighted by atomic mass is 9.71. The van der Waals surface area contributed by atoms with E-state index in [0.717, 1.165) is 44.2 Å². The van der Waals surface area contributed by atoms with E-state index in [-0.39, 0.29) is 35.6 Å². The predicted octanol–water partition coefficient (Wildman–Crippen LogP) is 3.25. The number of imidazole rings is 1. The number of amides is 2. The Morgan fingerprint density at radius 1 is 1.20 bits per heavy atom. The van der Waals surface area contributed by atoms with Gasteiger partial charge in [0.2, 0.25) is 5.91 Å². The number of aromatic nitrogens is 5. The minimum atomic E-state index is -1.30. The van der Waals surface area contributed by atoms with Crippen LogP contribution in [0.5, 0.6) is 0 Å². The Balaban J connectivity index is 1.30. The average molecular weight is 562 g/mol. The Morgan fingerprint density at radius 2 is 1.98 bits per heavy atom. The van der Waals surface area contributed by atoms with Crippen molar-refractivity contribution in [1.82, 2.24) is 35.0 Å². The van der Waals surface area contributed by atoms with Crippen molar-refractivity contribution >= 4 is 23.4 Å². The van der Waals surface area contributed by atoms with Gasteiger partial charge < -0.3 is 15.4 Å². The summed E-state index contributed by atoms with van der Waals surface area (Å²) < 4.78 is 8.54. The zero-order valence-corrected chi connectivity index (χ0v) is 24.1. The first-order valence-corrected chi connectivity index (χ1v) is 14.8. The molecular formula is C30H39N7O4. The molecule has 218 valence electrons. The lowest BCUT2D eigenvalue weighted by Gasteiger charge is -2.37. The highest BCUT2D eigenvalue weighted by Gasteiger charge is 2.60. The van der Waals surface area contributed by atoms with Gasteiger partial charge in [0.05, 0.1) is 30.7 Å². The molecule has 2 aliphatic carbocycles. The highest BCUT2D eigenvalue weighted by molar-refractivity contribution is 6.03. The van der Waals surface area contributed by atoms with Gasteiger partial charge in [0.25, 0.3) is 5.91 Å². The summed E-state index contributed by atoms with van der Waals surface area (Å²) in [6.07, 6.45) is 10.4. The van der Waals surface area contributed by atoms with Gasteiger partial charge in [0.1, 0.15) is 5.69 Å². The molecule has 1 unspecified atom stereocenters. The maximum atomic E-state index is 13.4. The largest absolute Gasteiger partial charge is 0.468 e. The number of hydrogen-bond acceptors (Lipinski definition) is 7. The Bertz CT molecular complexity index is 1460. The molecule has 41 heavy (non-hydrogen) atoms. The molecule has 3 aromatic rings. The summed E-state index contributed by atoms with van der Waals surface area (Å²) in [6, 6.07) is 5.15. The molecule has 2 amide bonds. The van der Waals surface area contributed by atoms with Crippen LogP contribution in [0.1, 0.15) is 86.7 Å². The normalized spacial score (nSPS) is 26.0. The van der Waals surface area contributed by atoms with E-state index >= 15 is 0 Å². The first kappa shape index (κ1) is 27.4. The molecule has 2 atom stereocenters. The molecule has 4 heterocycles. The van der Waals surface area contributed by atoms with Gasteiger partial charge in [-0.1, -0.05) is 19.8 Å². The number of carbonyl (C=O) groups excluding carboxylic acids is 3. The number of carbonyl (C=O) groups is 3. The van der Waals surface area contributed by atoms with Gasteiger partial charge in [-0.25, -0.2) is 9.50 Å². The smallest absolute Gasteiger partial charge is 0.321 e. The quantitative estimate of drug-likeness (QED) is 0.319. The van der Waals surface area contributed by atoms with E-state index in [1.807, 2.05) is 25.3 Å². The number of nitrogens with one attached hydrogen (secondary N) is 2. The zero-order valence-electron chi connectivity index (χ0n) is 24.1. The number of methoxy groups -OCH3 is 1. The first-order valence-electron chi connectivity index (χ1n) is 14.8. The fraction of sp³-hybridized carbons (Fsp3) is 0.600. The molecule has 3 aromatic heterocycles. The van der Waals surface area contributed by atoms with Crippen molar-refractivity contribution < 1.29 is 19.1 Å². The monoisotopic (exact) mass is 561 g/mol. The van der Waals surface area contributed by atoms with Crippen molar-refractivity contribution in [3.8, 4) is 0 Å². The molecule has 0 aromatic carbocycles. The van der Waals surface area contributed by atoms with Gasteiger partial charge in [-0.15, -0.1) is 0 Å². The summed E-state index contributed by atoms with van der Waals surface area (Å²) in [7, 11) is 1.33. The fourth-order valence-corrected chi connectivity index (χ4v) is 6.86. The van der Waals surface area contributed by atoms with Crippen molar-refractivity contribution in [3.05, 3.63) is 47.7 Å². The number of piperidine rings is 1. The number of esters is 1. The van der Waals surface area contributed by atoms with Crippen molar-refractivity contribution in [1.29, 1.82) is 0 Å². The lowest BCUT2D eigenvalue weighted by molar-refractivity contribution is -0.163. The molecule has 6 rings (SSSR count). The minimum absolute atomic E-state index is 0.0234. The summed E-state index contributed by atoms with van der Waals surface area (Å²) in [5, 5.41) is 15.3. The fourth-order valence-electron chi connectivity index (χ4n) is 6.86. The second-order valence-corrected chi connectivity index (χ2v) is 12.4. The molecule has 0 bridgehead atoms. The van der Waals surface area contributed by atoms with Gasteiger partial charge in [0.15, 0.2) is 11.1 Å². The highest BCUT2D eigenvalue weighted by atomic mass is 16.5. The second kappa shape index (κ2) is 10.6. The standard InChI is InChI=1S/C30H39N7O4/c1-4-36-23(11-14-32-36)26(38)34-25(20-7-5-19(2)6-8-20)22-16-37-24(33-22)10-9-21(35-37)15-30(28(40)41-3)17-29(12-13-29)18-31-27(30)39/h9-11,14,16,19-20,25H,4-8,12-13,15,17-18H2,1-3H3,(H,31,39)(H,34,38)/t19?,20?,25-,30?/m0/s1. The van der Waals surface area contributed by atoms with E-state index in [2.05, 4.69) is 22.7 Å². The zero-order chi connectivity index (χ0) is 28.8. The van der Waals surface area contributed by atoms with Gasteiger partial charge in [-0.3, -0.25) is 19.1 Å². The Morgan fingerprint density at radius 3 is 2.68 bits per heavy atom. The Kier molecular flexibility index (Phi) is 7.07. The molecule has 11 nitrogen and oxygen atoms in total. The van der Waals surface area contributed by atoms with Crippen LogP contribution in [0.2, 0.25) is 0 Å². The number of fused-ring (bicyclic) bond motifs is 1. The summed E-state index contributed by atoms with van der Waals surface area (Å²) in [5.74, 6) is -0.0642. The third kappa shape index (κ3) is 5.10. The Labute approximate surface area is 239 Å². The summed E-state index contributed by atoms with van der Waals surface area (Å²) in [4.78, 5) is 44.4. The molecule has 1 spiro atoms. The van der Waals surface area contributed by atoms with Crippen LogP contribution in [-0.4, -0.2) is 55.8 Å². The van der Waals surface area contributed by atoms with Crippen molar-refractivity contribution in [2.75, 3.05) is 13.7 Å². The molecule has 3 aliphatic rings. The van der Waals surface area contributed by atoms with Gasteiger partial charge in [-0.05, 0) is 74.5 Å². The van der Waals surface area contributed by atoms with Crippen LogP contribution in [0, 0.1) is 22.7 Å². The van der Waals surface area contributed by atoms with E-state index in [9.17, 15) is 14.4 Å². The highest BCUT2D eigenvalue weighted by Crippen LogP contribution is 2.56. The lowest BCUT2D eigenvalue weighted by Crippen LogP contribution is -2.56. The van der Waals surface area contributed by atoms with Crippen LogP contribution in [0.15, 0.2) is 30.6 Å². The van der Waals surface area contributed by atoms with Crippen LogP contribution in [0.3, 0.4) is 0 Å². The van der Waals surface area contributed by atoms with Crippen molar-refractivity contribution in [2.45, 2.75) is 77.8 Å². The third-order valence-corrected chi connectivity index (χ3v) is 9.53. The van der Waals surface area contributed by atoms with E-state index in [4.69, 9.17) is 14.8 Å². The number of hydrogen-bond donors (Lipinski definition) is 2. The molecule has 1 aliphatic heterocycles. The molecule has 11 heteroatoms. The van der Waals surface area contributed by atoms with Crippen molar-refractivity contribution in [3.63, 3.8) is 0 Å². The molecule has 1 saturated heterocycles. The van der Waals surface area contributed by atoms with E-state index < -0.39 is 11.4 Å². The summed E-state index contributed by atoms with van der Waals surface area (Å²) in [6.45, 7) is 5.45. The topological polar surface area (TPSA) is 133 Å². The van der Waals surface area contributed by atoms with Crippen LogP contribution in [0.25, 0.3) is 5.65 Å². The maximum absolute atomic E-state index is 13.4. The van der Waals surface area contributed by atoms with E-state index in [1.165, 1.54) is 7.11 Å². The van der Waals surface area contributed by atoms with Gasteiger partial charge in [-0.2, -0.15) is 10.2 Å². The first-order chi connectivity index (χ1) is 19.8. The molecule has 2 N–H and O–H groups in total. The Hall–Kier alpha value is -3.76. The van der Waals surface area contributed by atoms with Crippen LogP contribution >= 0.6 is 0 Å². The van der Waals surface area contributed by atoms with Crippen molar-refractivity contribution in [2.24, 2.45) is 22.7 Å². The second-order valence-electron chi connectivity index (χ2n) is 12.4. The molecule has 2 saturated carbocycles. The average Bonchev–Trinajstić information content (AvgIpc) is 3.34. The van der Waals surface area contributed by atoms with Gasteiger partial charge >= 0.3 is 5.97 Å². The molecule has 0 radical (unpaired) electrons. The summed E-state index contributed by atoms with van der Waals surface area (Å²) in [5.41, 5.74) is 1.21. The van der Waals surface area contributed by atoms with Gasteiger partial charge in [0, 0.05) is 25.7 Å². The number of rotatable bonds is 8. The van der Waals surface area contributed by atoms with E-state index in [0.29, 0.717) is 42.5 Å². The SMILES string of the molecule is CCn1nccc1C(=O)N[C@H](c1cn2nc(CC3(C(=O)OC)CC4(CC4)CNC3=O)ccc2n1)C1CCC(C)CC1. The third-order valence-electron chi connectivity index (χ3n) is 9.53. The minimum Gasteiger partial charge on any atom is -0.468 e. The number of ether oxygens (including phenoxy) is 1. The van der Waals surface area contributed by atoms with Crippen LogP contribution < -0.4 is 10.6 Å². The predicted molar refractivity (Wildman–Crippen MR) is 150 cm³/mol. The number of nitrogens with zero attached hydrogens (tertiary/aromatic N) is 5. The molecular weight excluding hydrogens is 522 g/mol. The maximum Gasteiger partial charge on any atom is 0.321 e. The number of aryl methyl sites for hydroxylation is 1. The summed E-state index contributed by atoms with van der Waals surface area (Å²) >= 11 is 0. The van der Waals surface area contributed by atoms with E-state index in [1.54, 1.807) is 21.5 Å². The van der Waals surface area contributed by atoms with Crippen LogP contribution in [0.4, 0.5) is 0 Å². The molecule has 3 fully saturated rings. The van der Waals surface area contributed by atoms with Crippen LogP contribution in [-0.2, 0) is 27.3 Å².